The zero-order chi connectivity index (χ0) is 20.8. The van der Waals surface area contributed by atoms with E-state index in [1.54, 1.807) is 4.90 Å². The number of aryl methyl sites for hydroxylation is 1. The molecule has 3 aromatic rings. The molecule has 2 aromatic carbocycles. The van der Waals surface area contributed by atoms with Crippen LogP contribution >= 0.6 is 0 Å². The molecule has 1 aromatic heterocycles. The highest BCUT2D eigenvalue weighted by atomic mass is 16.2. The molecule has 1 fully saturated rings. The molecule has 2 amide bonds. The van der Waals surface area contributed by atoms with Crippen molar-refractivity contribution in [3.8, 4) is 0 Å². The van der Waals surface area contributed by atoms with Gasteiger partial charge in [-0.15, -0.1) is 0 Å². The second-order valence-corrected chi connectivity index (χ2v) is 8.46. The summed E-state index contributed by atoms with van der Waals surface area (Å²) in [6, 6.07) is 15.7. The van der Waals surface area contributed by atoms with E-state index in [0.29, 0.717) is 13.0 Å². The van der Waals surface area contributed by atoms with Gasteiger partial charge in [0.05, 0.1) is 12.6 Å². The van der Waals surface area contributed by atoms with Crippen molar-refractivity contribution in [2.75, 3.05) is 13.1 Å². The number of benzene rings is 2. The van der Waals surface area contributed by atoms with Crippen LogP contribution in [0.3, 0.4) is 0 Å². The molecule has 5 rings (SSSR count). The number of piperazine rings is 1. The van der Waals surface area contributed by atoms with Gasteiger partial charge in [-0.2, -0.15) is 0 Å². The molecule has 2 aliphatic rings. The number of hydrogen-bond donors (Lipinski definition) is 1. The van der Waals surface area contributed by atoms with Crippen molar-refractivity contribution in [3.63, 3.8) is 0 Å². The Morgan fingerprint density at radius 3 is 2.63 bits per heavy atom. The van der Waals surface area contributed by atoms with E-state index in [2.05, 4.69) is 43.1 Å². The number of amides is 2. The lowest BCUT2D eigenvalue weighted by atomic mass is 9.85. The Morgan fingerprint density at radius 2 is 1.83 bits per heavy atom. The monoisotopic (exact) mass is 401 g/mol. The number of nitrogens with zero attached hydrogens (tertiary/aromatic N) is 2. The Bertz CT molecular complexity index is 1130. The molecule has 1 unspecified atom stereocenters. The fourth-order valence-corrected chi connectivity index (χ4v) is 5.08. The van der Waals surface area contributed by atoms with Crippen LogP contribution in [0.5, 0.6) is 0 Å². The summed E-state index contributed by atoms with van der Waals surface area (Å²) >= 11 is 0. The van der Waals surface area contributed by atoms with Crippen molar-refractivity contribution in [2.24, 2.45) is 0 Å². The first-order valence-electron chi connectivity index (χ1n) is 10.8. The first-order valence-corrected chi connectivity index (χ1v) is 10.8. The number of hydrogen-bond acceptors (Lipinski definition) is 2. The summed E-state index contributed by atoms with van der Waals surface area (Å²) in [5.41, 5.74) is 5.48. The van der Waals surface area contributed by atoms with Crippen LogP contribution in [-0.4, -0.2) is 45.7 Å². The van der Waals surface area contributed by atoms with Crippen LogP contribution < -0.4 is 0 Å². The zero-order valence-corrected chi connectivity index (χ0v) is 17.5. The summed E-state index contributed by atoms with van der Waals surface area (Å²) in [6.07, 6.45) is 2.49. The molecule has 3 heterocycles. The van der Waals surface area contributed by atoms with Crippen LogP contribution in [0.4, 0.5) is 0 Å². The number of aromatic amines is 1. The Hall–Kier alpha value is -3.08. The number of aromatic nitrogens is 1. The van der Waals surface area contributed by atoms with Gasteiger partial charge in [0.2, 0.25) is 11.8 Å². The smallest absolute Gasteiger partial charge is 0.246 e. The van der Waals surface area contributed by atoms with Crippen LogP contribution in [0, 0.1) is 6.92 Å². The van der Waals surface area contributed by atoms with Gasteiger partial charge in [-0.3, -0.25) is 9.59 Å². The quantitative estimate of drug-likeness (QED) is 0.719. The number of rotatable bonds is 4. The van der Waals surface area contributed by atoms with Crippen LogP contribution in [0.2, 0.25) is 0 Å². The third-order valence-corrected chi connectivity index (χ3v) is 6.61. The molecule has 1 N–H and O–H groups in total. The second-order valence-electron chi connectivity index (χ2n) is 8.46. The van der Waals surface area contributed by atoms with Crippen molar-refractivity contribution in [3.05, 3.63) is 70.9 Å². The lowest BCUT2D eigenvalue weighted by molar-refractivity contribution is -0.158. The van der Waals surface area contributed by atoms with Gasteiger partial charge in [0.1, 0.15) is 6.04 Å². The molecule has 154 valence electrons. The molecule has 5 nitrogen and oxygen atoms in total. The van der Waals surface area contributed by atoms with E-state index in [-0.39, 0.29) is 24.4 Å². The van der Waals surface area contributed by atoms with Crippen LogP contribution in [0.25, 0.3) is 10.9 Å². The summed E-state index contributed by atoms with van der Waals surface area (Å²) in [7, 11) is 0. The third kappa shape index (κ3) is 2.83. The van der Waals surface area contributed by atoms with E-state index in [9.17, 15) is 9.59 Å². The Labute approximate surface area is 176 Å². The molecular formula is C25H27N3O2. The molecule has 1 saturated heterocycles. The SMILES string of the molecule is CCCCN1CC(=O)N2C(c3ccccc3C)c3[nH]c4ccccc4c3C[C@H]2C1=O. The van der Waals surface area contributed by atoms with E-state index in [1.807, 2.05) is 29.2 Å². The maximum atomic E-state index is 13.5. The number of carbonyl (C=O) groups is 2. The van der Waals surface area contributed by atoms with Crippen molar-refractivity contribution in [1.82, 2.24) is 14.8 Å². The lowest BCUT2D eigenvalue weighted by Gasteiger charge is -2.47. The highest BCUT2D eigenvalue weighted by Gasteiger charge is 2.48. The van der Waals surface area contributed by atoms with Gasteiger partial charge in [-0.25, -0.2) is 0 Å². The Balaban J connectivity index is 1.68. The number of para-hydroxylation sites is 1. The first kappa shape index (κ1) is 18.9. The van der Waals surface area contributed by atoms with E-state index in [4.69, 9.17) is 0 Å². The van der Waals surface area contributed by atoms with Gasteiger partial charge >= 0.3 is 0 Å². The molecule has 30 heavy (non-hydrogen) atoms. The lowest BCUT2D eigenvalue weighted by Crippen LogP contribution is -2.63. The number of unbranched alkanes of at least 4 members (excludes halogenated alkanes) is 1. The molecular weight excluding hydrogens is 374 g/mol. The fourth-order valence-electron chi connectivity index (χ4n) is 5.08. The van der Waals surface area contributed by atoms with E-state index >= 15 is 0 Å². The summed E-state index contributed by atoms with van der Waals surface area (Å²) in [4.78, 5) is 34.1. The minimum atomic E-state index is -0.445. The summed E-state index contributed by atoms with van der Waals surface area (Å²) in [6.45, 7) is 5.01. The minimum Gasteiger partial charge on any atom is -0.356 e. The van der Waals surface area contributed by atoms with Gasteiger partial charge in [-0.1, -0.05) is 55.8 Å². The van der Waals surface area contributed by atoms with Crippen LogP contribution in [0.1, 0.15) is 48.2 Å². The Kier molecular flexibility index (Phi) is 4.61. The van der Waals surface area contributed by atoms with Crippen LogP contribution in [-0.2, 0) is 16.0 Å². The van der Waals surface area contributed by atoms with E-state index in [0.717, 1.165) is 40.6 Å². The summed E-state index contributed by atoms with van der Waals surface area (Å²) < 4.78 is 0. The van der Waals surface area contributed by atoms with Crippen molar-refractivity contribution >= 4 is 22.7 Å². The average Bonchev–Trinajstić information content (AvgIpc) is 3.13. The van der Waals surface area contributed by atoms with E-state index in [1.165, 1.54) is 5.56 Å². The highest BCUT2D eigenvalue weighted by molar-refractivity contribution is 5.97. The van der Waals surface area contributed by atoms with Gasteiger partial charge in [-0.05, 0) is 36.1 Å². The summed E-state index contributed by atoms with van der Waals surface area (Å²) in [5, 5.41) is 1.15. The van der Waals surface area contributed by atoms with Gasteiger partial charge < -0.3 is 14.8 Å². The first-order chi connectivity index (χ1) is 14.6. The summed E-state index contributed by atoms with van der Waals surface area (Å²) in [5.74, 6) is 0.117. The van der Waals surface area contributed by atoms with Crippen molar-refractivity contribution in [2.45, 2.75) is 45.2 Å². The maximum absolute atomic E-state index is 13.5. The largest absolute Gasteiger partial charge is 0.356 e. The standard InChI is InChI=1S/C25H27N3O2/c1-3-4-13-27-15-22(29)28-21(25(27)30)14-19-18-11-7-8-12-20(18)26-23(19)24(28)17-10-6-5-9-16(17)2/h5-12,21,24,26H,3-4,13-15H2,1-2H3/t21-,24?/m0/s1. The molecule has 0 spiro atoms. The number of fused-ring (bicyclic) bond motifs is 4. The fraction of sp³-hybridized carbons (Fsp3) is 0.360. The third-order valence-electron chi connectivity index (χ3n) is 6.61. The normalized spacial score (nSPS) is 21.1. The van der Waals surface area contributed by atoms with Gasteiger partial charge in [0.15, 0.2) is 0 Å². The van der Waals surface area contributed by atoms with Gasteiger partial charge in [0.25, 0.3) is 0 Å². The molecule has 0 saturated carbocycles. The van der Waals surface area contributed by atoms with E-state index < -0.39 is 6.04 Å². The minimum absolute atomic E-state index is 0.0354. The van der Waals surface area contributed by atoms with Crippen molar-refractivity contribution < 1.29 is 9.59 Å². The molecule has 5 heteroatoms. The van der Waals surface area contributed by atoms with Crippen LogP contribution in [0.15, 0.2) is 48.5 Å². The predicted molar refractivity (Wildman–Crippen MR) is 117 cm³/mol. The van der Waals surface area contributed by atoms with Gasteiger partial charge in [0, 0.05) is 29.6 Å². The Morgan fingerprint density at radius 1 is 1.07 bits per heavy atom. The molecule has 0 radical (unpaired) electrons. The zero-order valence-electron chi connectivity index (χ0n) is 17.5. The highest BCUT2D eigenvalue weighted by Crippen LogP contribution is 2.43. The predicted octanol–water partition coefficient (Wildman–Crippen LogP) is 3.96. The number of carbonyl (C=O) groups excluding carboxylic acids is 2. The number of H-pyrrole nitrogens is 1. The molecule has 2 aliphatic heterocycles. The molecule has 0 aliphatic carbocycles. The average molecular weight is 402 g/mol. The van der Waals surface area contributed by atoms with Crippen molar-refractivity contribution in [1.29, 1.82) is 0 Å². The second kappa shape index (κ2) is 7.31. The topological polar surface area (TPSA) is 56.4 Å². The molecule has 0 bridgehead atoms. The molecule has 2 atom stereocenters. The number of nitrogens with one attached hydrogen (secondary N) is 1. The maximum Gasteiger partial charge on any atom is 0.246 e.